The zero-order valence-electron chi connectivity index (χ0n) is 13.2. The third-order valence-electron chi connectivity index (χ3n) is 3.64. The van der Waals surface area contributed by atoms with E-state index in [4.69, 9.17) is 11.6 Å². The van der Waals surface area contributed by atoms with Gasteiger partial charge in [-0.3, -0.25) is 4.72 Å². The highest BCUT2D eigenvalue weighted by atomic mass is 35.5. The van der Waals surface area contributed by atoms with E-state index in [9.17, 15) is 13.2 Å². The number of methoxy groups -OCH3 is 1. The molecule has 0 aromatic heterocycles. The van der Waals surface area contributed by atoms with Crippen molar-refractivity contribution in [2.45, 2.75) is 4.90 Å². The molecule has 7 heteroatoms. The van der Waals surface area contributed by atoms with Gasteiger partial charge in [-0.15, -0.1) is 0 Å². The van der Waals surface area contributed by atoms with Crippen molar-refractivity contribution in [3.63, 3.8) is 0 Å². The first kappa shape index (κ1) is 17.3. The van der Waals surface area contributed by atoms with Crippen molar-refractivity contribution in [2.24, 2.45) is 0 Å². The molecule has 0 amide bonds. The second-order valence-corrected chi connectivity index (χ2v) is 7.36. The van der Waals surface area contributed by atoms with E-state index < -0.39 is 16.0 Å². The standard InChI is InChI=1S/C18H14ClNO4S/c1-24-18(21)14-7-9-16(19)17(11-14)25(22,23)20-15-8-6-12-4-2-3-5-13(12)10-15/h2-11,20H,1H3. The molecule has 0 unspecified atom stereocenters. The van der Waals surface area contributed by atoms with Gasteiger partial charge < -0.3 is 4.74 Å². The lowest BCUT2D eigenvalue weighted by Gasteiger charge is -2.11. The minimum Gasteiger partial charge on any atom is -0.465 e. The first-order valence-corrected chi connectivity index (χ1v) is 9.16. The summed E-state index contributed by atoms with van der Waals surface area (Å²) < 4.78 is 32.4. The van der Waals surface area contributed by atoms with Gasteiger partial charge in [0.2, 0.25) is 0 Å². The van der Waals surface area contributed by atoms with E-state index in [1.807, 2.05) is 30.3 Å². The molecule has 0 aliphatic carbocycles. The predicted octanol–water partition coefficient (Wildman–Crippen LogP) is 4.08. The number of anilines is 1. The highest BCUT2D eigenvalue weighted by Gasteiger charge is 2.20. The Morgan fingerprint density at radius 3 is 2.44 bits per heavy atom. The van der Waals surface area contributed by atoms with E-state index in [-0.39, 0.29) is 15.5 Å². The Balaban J connectivity index is 1.99. The zero-order chi connectivity index (χ0) is 18.0. The van der Waals surface area contributed by atoms with E-state index in [1.165, 1.54) is 25.3 Å². The third kappa shape index (κ3) is 3.60. The summed E-state index contributed by atoms with van der Waals surface area (Å²) in [5.41, 5.74) is 0.504. The van der Waals surface area contributed by atoms with Crippen molar-refractivity contribution in [3.05, 3.63) is 71.2 Å². The molecule has 0 bridgehead atoms. The maximum Gasteiger partial charge on any atom is 0.337 e. The Hall–Kier alpha value is -2.57. The molecular formula is C18H14ClNO4S. The molecule has 5 nitrogen and oxygen atoms in total. The molecule has 0 saturated heterocycles. The fraction of sp³-hybridized carbons (Fsp3) is 0.0556. The Morgan fingerprint density at radius 1 is 1.00 bits per heavy atom. The maximum absolute atomic E-state index is 12.7. The van der Waals surface area contributed by atoms with Crippen molar-refractivity contribution in [1.82, 2.24) is 0 Å². The Labute approximate surface area is 150 Å². The van der Waals surface area contributed by atoms with Crippen molar-refractivity contribution in [2.75, 3.05) is 11.8 Å². The molecule has 128 valence electrons. The van der Waals surface area contributed by atoms with Gasteiger partial charge >= 0.3 is 5.97 Å². The Bertz CT molecular complexity index is 1060. The summed E-state index contributed by atoms with van der Waals surface area (Å²) in [7, 11) is -2.75. The van der Waals surface area contributed by atoms with E-state index in [0.717, 1.165) is 10.8 Å². The molecule has 0 fully saturated rings. The number of halogens is 1. The zero-order valence-corrected chi connectivity index (χ0v) is 14.8. The van der Waals surface area contributed by atoms with Crippen LogP contribution in [0.15, 0.2) is 65.6 Å². The summed E-state index contributed by atoms with van der Waals surface area (Å²) in [5, 5.41) is 1.91. The molecule has 3 aromatic carbocycles. The number of fused-ring (bicyclic) bond motifs is 1. The maximum atomic E-state index is 12.7. The van der Waals surface area contributed by atoms with Crippen LogP contribution in [0, 0.1) is 0 Å². The van der Waals surface area contributed by atoms with Crippen LogP contribution in [0.2, 0.25) is 5.02 Å². The van der Waals surface area contributed by atoms with Gasteiger partial charge in [0.05, 0.1) is 17.7 Å². The molecule has 1 N–H and O–H groups in total. The van der Waals surface area contributed by atoms with Crippen molar-refractivity contribution >= 4 is 44.1 Å². The van der Waals surface area contributed by atoms with Gasteiger partial charge in [0.1, 0.15) is 4.90 Å². The molecular weight excluding hydrogens is 362 g/mol. The molecule has 3 rings (SSSR count). The molecule has 0 spiro atoms. The van der Waals surface area contributed by atoms with Gasteiger partial charge in [-0.25, -0.2) is 13.2 Å². The van der Waals surface area contributed by atoms with E-state index in [1.54, 1.807) is 12.1 Å². The van der Waals surface area contributed by atoms with Gasteiger partial charge in [-0.05, 0) is 41.1 Å². The number of ether oxygens (including phenoxy) is 1. The Kier molecular flexibility index (Phi) is 4.65. The van der Waals surface area contributed by atoms with Crippen LogP contribution in [0.4, 0.5) is 5.69 Å². The lowest BCUT2D eigenvalue weighted by atomic mass is 10.1. The largest absolute Gasteiger partial charge is 0.465 e. The topological polar surface area (TPSA) is 72.5 Å². The van der Waals surface area contributed by atoms with Crippen molar-refractivity contribution < 1.29 is 17.9 Å². The lowest BCUT2D eigenvalue weighted by Crippen LogP contribution is -2.14. The van der Waals surface area contributed by atoms with Gasteiger partial charge in [0.25, 0.3) is 10.0 Å². The molecule has 3 aromatic rings. The van der Waals surface area contributed by atoms with Crippen LogP contribution >= 0.6 is 11.6 Å². The molecule has 25 heavy (non-hydrogen) atoms. The fourth-order valence-electron chi connectivity index (χ4n) is 2.42. The average molecular weight is 376 g/mol. The summed E-state index contributed by atoms with van der Waals surface area (Å²) >= 11 is 6.02. The lowest BCUT2D eigenvalue weighted by molar-refractivity contribution is 0.0600. The molecule has 0 heterocycles. The highest BCUT2D eigenvalue weighted by molar-refractivity contribution is 7.92. The normalized spacial score (nSPS) is 11.3. The van der Waals surface area contributed by atoms with Gasteiger partial charge in [0, 0.05) is 5.69 Å². The van der Waals surface area contributed by atoms with Crippen LogP contribution in [0.3, 0.4) is 0 Å². The first-order valence-electron chi connectivity index (χ1n) is 7.30. The summed E-state index contributed by atoms with van der Waals surface area (Å²) in [5.74, 6) is -0.640. The molecule has 0 atom stereocenters. The van der Waals surface area contributed by atoms with Crippen LogP contribution in [-0.4, -0.2) is 21.5 Å². The van der Waals surface area contributed by atoms with Crippen LogP contribution in [0.1, 0.15) is 10.4 Å². The second kappa shape index (κ2) is 6.74. The number of hydrogen-bond donors (Lipinski definition) is 1. The average Bonchev–Trinajstić information content (AvgIpc) is 2.61. The number of benzene rings is 3. The molecule has 0 radical (unpaired) electrons. The number of nitrogens with one attached hydrogen (secondary N) is 1. The predicted molar refractivity (Wildman–Crippen MR) is 97.5 cm³/mol. The molecule has 0 aliphatic rings. The number of carbonyl (C=O) groups excluding carboxylic acids is 1. The minimum atomic E-state index is -3.97. The van der Waals surface area contributed by atoms with Crippen LogP contribution < -0.4 is 4.72 Å². The number of rotatable bonds is 4. The number of esters is 1. The third-order valence-corrected chi connectivity index (χ3v) is 5.51. The summed E-state index contributed by atoms with van der Waals surface area (Å²) in [6.45, 7) is 0. The Morgan fingerprint density at radius 2 is 1.72 bits per heavy atom. The van der Waals surface area contributed by atoms with Crippen LogP contribution in [0.5, 0.6) is 0 Å². The number of carbonyl (C=O) groups is 1. The monoisotopic (exact) mass is 375 g/mol. The first-order chi connectivity index (χ1) is 11.9. The molecule has 0 aliphatic heterocycles. The van der Waals surface area contributed by atoms with E-state index >= 15 is 0 Å². The number of hydrogen-bond acceptors (Lipinski definition) is 4. The SMILES string of the molecule is COC(=O)c1ccc(Cl)c(S(=O)(=O)Nc2ccc3ccccc3c2)c1. The van der Waals surface area contributed by atoms with E-state index in [0.29, 0.717) is 5.69 Å². The van der Waals surface area contributed by atoms with Gasteiger partial charge in [-0.1, -0.05) is 41.9 Å². The smallest absolute Gasteiger partial charge is 0.337 e. The van der Waals surface area contributed by atoms with E-state index in [2.05, 4.69) is 9.46 Å². The quantitative estimate of drug-likeness (QED) is 0.697. The van der Waals surface area contributed by atoms with Crippen molar-refractivity contribution in [1.29, 1.82) is 0 Å². The summed E-state index contributed by atoms with van der Waals surface area (Å²) in [6.07, 6.45) is 0. The van der Waals surface area contributed by atoms with Crippen molar-refractivity contribution in [3.8, 4) is 0 Å². The highest BCUT2D eigenvalue weighted by Crippen LogP contribution is 2.26. The number of sulfonamides is 1. The van der Waals surface area contributed by atoms with Gasteiger partial charge in [0.15, 0.2) is 0 Å². The fourth-order valence-corrected chi connectivity index (χ4v) is 3.99. The summed E-state index contributed by atoms with van der Waals surface area (Å²) in [6, 6.07) is 16.8. The van der Waals surface area contributed by atoms with Crippen LogP contribution in [0.25, 0.3) is 10.8 Å². The minimum absolute atomic E-state index is 0.0148. The second-order valence-electron chi connectivity index (χ2n) is 5.30. The summed E-state index contributed by atoms with van der Waals surface area (Å²) in [4.78, 5) is 11.4. The molecule has 0 saturated carbocycles. The van der Waals surface area contributed by atoms with Crippen LogP contribution in [-0.2, 0) is 14.8 Å². The van der Waals surface area contributed by atoms with Gasteiger partial charge in [-0.2, -0.15) is 0 Å².